The number of alkyl halides is 2. The number of aliphatic imine (C=N–C) groups is 1. The summed E-state index contributed by atoms with van der Waals surface area (Å²) in [4.78, 5) is 18.5. The van der Waals surface area contributed by atoms with Crippen molar-refractivity contribution in [3.63, 3.8) is 0 Å². The number of halogens is 3. The number of ether oxygens (including phenoxy) is 1. The summed E-state index contributed by atoms with van der Waals surface area (Å²) in [5.41, 5.74) is 3.71. The number of aryl methyl sites for hydroxylation is 1. The third-order valence-corrected chi connectivity index (χ3v) is 5.28. The Hall–Kier alpha value is -2.43. The van der Waals surface area contributed by atoms with Gasteiger partial charge in [-0.15, -0.1) is 24.0 Å². The lowest BCUT2D eigenvalue weighted by Gasteiger charge is -2.19. The van der Waals surface area contributed by atoms with E-state index < -0.39 is 6.61 Å². The Labute approximate surface area is 210 Å². The number of guanidine groups is 1. The molecule has 1 saturated heterocycles. The van der Waals surface area contributed by atoms with E-state index in [1.807, 2.05) is 43.0 Å². The van der Waals surface area contributed by atoms with Crippen LogP contribution >= 0.6 is 24.0 Å². The molecule has 2 aromatic carbocycles. The number of hydrogen-bond acceptors (Lipinski definition) is 3. The number of nitrogens with one attached hydrogen (secondary N) is 2. The lowest BCUT2D eigenvalue weighted by molar-refractivity contribution is -0.128. The highest BCUT2D eigenvalue weighted by Gasteiger charge is 2.20. The van der Waals surface area contributed by atoms with Gasteiger partial charge >= 0.3 is 6.61 Å². The van der Waals surface area contributed by atoms with Gasteiger partial charge in [-0.25, -0.2) is 4.99 Å². The minimum atomic E-state index is -2.88. The Balaban J connectivity index is 0.00000385. The normalized spacial score (nSPS) is 13.8. The number of hydrogen-bond donors (Lipinski definition) is 2. The maximum Gasteiger partial charge on any atom is 0.387 e. The van der Waals surface area contributed by atoms with Crippen LogP contribution in [0.2, 0.25) is 0 Å². The van der Waals surface area contributed by atoms with E-state index in [9.17, 15) is 13.6 Å². The summed E-state index contributed by atoms with van der Waals surface area (Å²) in [6.07, 6.45) is 1.53. The molecule has 1 heterocycles. The smallest absolute Gasteiger partial charge is 0.387 e. The second kappa shape index (κ2) is 13.3. The van der Waals surface area contributed by atoms with Crippen molar-refractivity contribution in [2.45, 2.75) is 52.9 Å². The van der Waals surface area contributed by atoms with Crippen molar-refractivity contribution in [2.75, 3.05) is 13.1 Å². The lowest BCUT2D eigenvalue weighted by atomic mass is 10.1. The number of carbonyl (C=O) groups excluding carboxylic acids is 1. The van der Waals surface area contributed by atoms with Crippen molar-refractivity contribution in [3.05, 3.63) is 64.7 Å². The average molecular weight is 572 g/mol. The fourth-order valence-electron chi connectivity index (χ4n) is 3.69. The van der Waals surface area contributed by atoms with E-state index in [0.29, 0.717) is 37.6 Å². The first kappa shape index (κ1) is 26.8. The van der Waals surface area contributed by atoms with Gasteiger partial charge in [-0.2, -0.15) is 8.78 Å². The zero-order valence-corrected chi connectivity index (χ0v) is 21.3. The molecule has 180 valence electrons. The summed E-state index contributed by atoms with van der Waals surface area (Å²) >= 11 is 0. The molecule has 1 aliphatic rings. The van der Waals surface area contributed by atoms with Crippen LogP contribution in [0.25, 0.3) is 0 Å². The molecule has 0 saturated carbocycles. The monoisotopic (exact) mass is 572 g/mol. The van der Waals surface area contributed by atoms with Gasteiger partial charge in [0.25, 0.3) is 0 Å². The number of benzene rings is 2. The summed E-state index contributed by atoms with van der Waals surface area (Å²) in [5.74, 6) is 0.900. The van der Waals surface area contributed by atoms with Gasteiger partial charge in [0.1, 0.15) is 5.75 Å². The molecule has 1 amide bonds. The van der Waals surface area contributed by atoms with E-state index in [0.717, 1.165) is 29.7 Å². The predicted octanol–water partition coefficient (Wildman–Crippen LogP) is 4.59. The molecule has 0 atom stereocenters. The van der Waals surface area contributed by atoms with E-state index in [4.69, 9.17) is 0 Å². The summed E-state index contributed by atoms with van der Waals surface area (Å²) in [6, 6.07) is 13.1. The topological polar surface area (TPSA) is 66.0 Å². The molecule has 9 heteroatoms. The van der Waals surface area contributed by atoms with Crippen LogP contribution < -0.4 is 15.4 Å². The van der Waals surface area contributed by atoms with Crippen molar-refractivity contribution in [1.82, 2.24) is 15.5 Å². The van der Waals surface area contributed by atoms with Crippen LogP contribution in [0.3, 0.4) is 0 Å². The summed E-state index contributed by atoms with van der Waals surface area (Å²) in [6.45, 7) is 3.75. The van der Waals surface area contributed by atoms with Crippen LogP contribution in [0.1, 0.15) is 42.0 Å². The second-order valence-corrected chi connectivity index (χ2v) is 7.73. The number of carbonyl (C=O) groups is 1. The molecular formula is C24H31F2IN4O2. The molecule has 1 aliphatic heterocycles. The van der Waals surface area contributed by atoms with Crippen LogP contribution in [0.5, 0.6) is 5.75 Å². The third kappa shape index (κ3) is 8.13. The van der Waals surface area contributed by atoms with E-state index in [1.165, 1.54) is 0 Å². The molecule has 1 fully saturated rings. The van der Waals surface area contributed by atoms with E-state index in [2.05, 4.69) is 20.4 Å². The summed E-state index contributed by atoms with van der Waals surface area (Å²) < 4.78 is 30.1. The van der Waals surface area contributed by atoms with Crippen molar-refractivity contribution < 1.29 is 18.3 Å². The molecule has 0 spiro atoms. The molecule has 0 aromatic heterocycles. The van der Waals surface area contributed by atoms with Crippen molar-refractivity contribution in [1.29, 1.82) is 0 Å². The van der Waals surface area contributed by atoms with Crippen LogP contribution in [0, 0.1) is 6.92 Å². The van der Waals surface area contributed by atoms with Gasteiger partial charge in [0, 0.05) is 38.2 Å². The highest BCUT2D eigenvalue weighted by Crippen LogP contribution is 2.23. The molecule has 2 N–H and O–H groups in total. The Bertz CT molecular complexity index is 956. The number of amides is 1. The van der Waals surface area contributed by atoms with E-state index >= 15 is 0 Å². The minimum Gasteiger partial charge on any atom is -0.434 e. The van der Waals surface area contributed by atoms with Gasteiger partial charge in [0.15, 0.2) is 5.96 Å². The van der Waals surface area contributed by atoms with Crippen LogP contribution in [0.4, 0.5) is 8.78 Å². The summed E-state index contributed by atoms with van der Waals surface area (Å²) in [5, 5.41) is 6.49. The van der Waals surface area contributed by atoms with Crippen molar-refractivity contribution >= 4 is 35.8 Å². The van der Waals surface area contributed by atoms with Gasteiger partial charge in [0.2, 0.25) is 5.91 Å². The number of rotatable bonds is 9. The first-order valence-electron chi connectivity index (χ1n) is 10.9. The van der Waals surface area contributed by atoms with Crippen molar-refractivity contribution in [2.24, 2.45) is 4.99 Å². The van der Waals surface area contributed by atoms with Gasteiger partial charge < -0.3 is 20.3 Å². The quantitative estimate of drug-likeness (QED) is 0.262. The Morgan fingerprint density at radius 2 is 1.91 bits per heavy atom. The number of nitrogens with zero attached hydrogens (tertiary/aromatic N) is 2. The molecule has 33 heavy (non-hydrogen) atoms. The maximum atomic E-state index is 12.7. The molecule has 3 rings (SSSR count). The number of likely N-dealkylation sites (tertiary alicyclic amines) is 1. The molecule has 0 bridgehead atoms. The van der Waals surface area contributed by atoms with Gasteiger partial charge in [-0.05, 0) is 37.5 Å². The van der Waals surface area contributed by atoms with Gasteiger partial charge in [-0.3, -0.25) is 4.79 Å². The molecule has 0 unspecified atom stereocenters. The van der Waals surface area contributed by atoms with Gasteiger partial charge in [0.05, 0.1) is 6.54 Å². The average Bonchev–Trinajstić information content (AvgIpc) is 3.17. The standard InChI is InChI=1S/C24H30F2N4O2.HI/c1-3-27-24(29-15-20-13-17(2)10-11-21(20)32-23(25)26)28-14-18-7-4-5-8-19(18)16-30-12-6-9-22(30)31;/h4-5,7-8,10-11,13,23H,3,6,9,12,14-16H2,1-2H3,(H2,27,28,29);1H. The summed E-state index contributed by atoms with van der Waals surface area (Å²) in [7, 11) is 0. The highest BCUT2D eigenvalue weighted by atomic mass is 127. The van der Waals surface area contributed by atoms with Gasteiger partial charge in [-0.1, -0.05) is 42.0 Å². The second-order valence-electron chi connectivity index (χ2n) is 7.73. The SMILES string of the molecule is CCNC(=NCc1cc(C)ccc1OC(F)F)NCc1ccccc1CN1CCCC1=O.I. The third-order valence-electron chi connectivity index (χ3n) is 5.28. The zero-order chi connectivity index (χ0) is 22.9. The first-order chi connectivity index (χ1) is 15.5. The molecule has 0 radical (unpaired) electrons. The first-order valence-corrected chi connectivity index (χ1v) is 10.9. The highest BCUT2D eigenvalue weighted by molar-refractivity contribution is 14.0. The Morgan fingerprint density at radius 1 is 1.15 bits per heavy atom. The molecule has 0 aliphatic carbocycles. The van der Waals surface area contributed by atoms with E-state index in [1.54, 1.807) is 18.2 Å². The molecule has 6 nitrogen and oxygen atoms in total. The van der Waals surface area contributed by atoms with Crippen LogP contribution in [0.15, 0.2) is 47.5 Å². The Morgan fingerprint density at radius 3 is 2.58 bits per heavy atom. The minimum absolute atomic E-state index is 0. The zero-order valence-electron chi connectivity index (χ0n) is 18.9. The van der Waals surface area contributed by atoms with Crippen LogP contribution in [-0.2, 0) is 24.4 Å². The fourth-order valence-corrected chi connectivity index (χ4v) is 3.69. The largest absolute Gasteiger partial charge is 0.434 e. The predicted molar refractivity (Wildman–Crippen MR) is 136 cm³/mol. The van der Waals surface area contributed by atoms with E-state index in [-0.39, 0.29) is 42.2 Å². The molecule has 2 aromatic rings. The maximum absolute atomic E-state index is 12.7. The Kier molecular flexibility index (Phi) is 10.8. The van der Waals surface area contributed by atoms with Crippen LogP contribution in [-0.4, -0.2) is 36.5 Å². The van der Waals surface area contributed by atoms with Crippen molar-refractivity contribution in [3.8, 4) is 5.75 Å². The lowest BCUT2D eigenvalue weighted by Crippen LogP contribution is -2.37. The molecular weight excluding hydrogens is 541 g/mol. The fraction of sp³-hybridized carbons (Fsp3) is 0.417.